The molecule has 29 heavy (non-hydrogen) atoms. The van der Waals surface area contributed by atoms with Crippen molar-refractivity contribution in [3.8, 4) is 0 Å². The van der Waals surface area contributed by atoms with Crippen molar-refractivity contribution < 1.29 is 9.59 Å². The number of likely N-dealkylation sites (tertiary alicyclic amines) is 1. The highest BCUT2D eigenvalue weighted by Gasteiger charge is 2.37. The van der Waals surface area contributed by atoms with Crippen LogP contribution in [-0.2, 0) is 9.59 Å². The Morgan fingerprint density at radius 3 is 2.59 bits per heavy atom. The summed E-state index contributed by atoms with van der Waals surface area (Å²) in [5.74, 6) is -0.908. The first-order valence-corrected chi connectivity index (χ1v) is 10.3. The van der Waals surface area contributed by atoms with E-state index in [1.54, 1.807) is 18.2 Å². The number of carbonyl (C=O) groups excluding carboxylic acids is 2. The highest BCUT2D eigenvalue weighted by Crippen LogP contribution is 2.25. The zero-order valence-electron chi connectivity index (χ0n) is 16.4. The van der Waals surface area contributed by atoms with E-state index in [9.17, 15) is 9.59 Å². The molecular formula is C19H24Cl2N6O2. The predicted molar refractivity (Wildman–Crippen MR) is 116 cm³/mol. The average Bonchev–Trinajstić information content (AvgIpc) is 3.26. The fourth-order valence-corrected chi connectivity index (χ4v) is 3.49. The Morgan fingerprint density at radius 2 is 1.93 bits per heavy atom. The smallest absolute Gasteiger partial charge is 0.319 e. The number of nitrogens with one attached hydrogen (secondary N) is 2. The monoisotopic (exact) mass is 438 g/mol. The first-order valence-electron chi connectivity index (χ1n) is 9.57. The normalized spacial score (nSPS) is 19.6. The van der Waals surface area contributed by atoms with E-state index in [1.165, 1.54) is 17.7 Å². The van der Waals surface area contributed by atoms with Crippen LogP contribution in [0, 0.1) is 0 Å². The van der Waals surface area contributed by atoms with Gasteiger partial charge in [-0.2, -0.15) is 4.99 Å². The van der Waals surface area contributed by atoms with Crippen molar-refractivity contribution in [2.45, 2.75) is 32.7 Å². The van der Waals surface area contributed by atoms with E-state index in [0.29, 0.717) is 22.3 Å². The zero-order valence-corrected chi connectivity index (χ0v) is 17.9. The number of amides is 2. The molecule has 0 atom stereocenters. The Bertz CT molecular complexity index is 849. The highest BCUT2D eigenvalue weighted by molar-refractivity contribution is 6.46. The second-order valence-electron chi connectivity index (χ2n) is 7.17. The van der Waals surface area contributed by atoms with Crippen LogP contribution in [0.5, 0.6) is 0 Å². The summed E-state index contributed by atoms with van der Waals surface area (Å²) >= 11 is 12.1. The number of hydrogen-bond acceptors (Lipinski definition) is 4. The van der Waals surface area contributed by atoms with E-state index in [4.69, 9.17) is 23.2 Å². The molecule has 3 rings (SSSR count). The molecule has 0 aromatic heterocycles. The van der Waals surface area contributed by atoms with Crippen molar-refractivity contribution in [3.05, 3.63) is 28.2 Å². The van der Waals surface area contributed by atoms with Crippen molar-refractivity contribution in [2.75, 3.05) is 31.5 Å². The molecule has 1 aromatic carbocycles. The van der Waals surface area contributed by atoms with E-state index >= 15 is 0 Å². The van der Waals surface area contributed by atoms with Crippen LogP contribution in [0.4, 0.5) is 5.69 Å². The number of halogens is 2. The number of rotatable bonds is 5. The minimum absolute atomic E-state index is 0.155. The van der Waals surface area contributed by atoms with Crippen molar-refractivity contribution in [1.29, 1.82) is 0 Å². The molecule has 10 heteroatoms. The third-order valence-corrected chi connectivity index (χ3v) is 5.39. The first-order chi connectivity index (χ1) is 13.8. The molecular weight excluding hydrogens is 415 g/mol. The molecule has 2 saturated heterocycles. The van der Waals surface area contributed by atoms with Gasteiger partial charge in [0, 0.05) is 18.3 Å². The molecule has 2 fully saturated rings. The molecule has 2 amide bonds. The number of benzene rings is 1. The molecule has 0 unspecified atom stereocenters. The SMILES string of the molecule is CC(C)N1C(=O)C(=O)NC1=NC(=NCCN1CCCC1)Nc1ccc(Cl)c(Cl)c1. The molecule has 0 bridgehead atoms. The Balaban J connectivity index is 1.83. The lowest BCUT2D eigenvalue weighted by molar-refractivity contribution is -0.140. The summed E-state index contributed by atoms with van der Waals surface area (Å²) in [5, 5.41) is 6.45. The molecule has 2 aliphatic rings. The van der Waals surface area contributed by atoms with Crippen LogP contribution in [0.15, 0.2) is 28.2 Å². The maximum atomic E-state index is 12.1. The third-order valence-electron chi connectivity index (χ3n) is 4.65. The highest BCUT2D eigenvalue weighted by atomic mass is 35.5. The van der Waals surface area contributed by atoms with Crippen LogP contribution in [-0.4, -0.2) is 65.8 Å². The van der Waals surface area contributed by atoms with Crippen molar-refractivity contribution >= 4 is 52.6 Å². The second kappa shape index (κ2) is 9.56. The van der Waals surface area contributed by atoms with E-state index in [2.05, 4.69) is 25.5 Å². The first kappa shape index (κ1) is 21.5. The number of carbonyl (C=O) groups is 2. The topological polar surface area (TPSA) is 89.4 Å². The Kier molecular flexibility index (Phi) is 7.10. The summed E-state index contributed by atoms with van der Waals surface area (Å²) in [6.07, 6.45) is 2.41. The maximum absolute atomic E-state index is 12.1. The van der Waals surface area contributed by atoms with Gasteiger partial charge in [-0.15, -0.1) is 0 Å². The molecule has 156 valence electrons. The van der Waals surface area contributed by atoms with E-state index in [0.717, 1.165) is 19.6 Å². The zero-order chi connectivity index (χ0) is 21.0. The van der Waals surface area contributed by atoms with Crippen LogP contribution in [0.2, 0.25) is 10.0 Å². The van der Waals surface area contributed by atoms with Crippen molar-refractivity contribution in [2.24, 2.45) is 9.98 Å². The summed E-state index contributed by atoms with van der Waals surface area (Å²) in [5.41, 5.74) is 0.649. The van der Waals surface area contributed by atoms with Gasteiger partial charge in [-0.3, -0.25) is 19.8 Å². The summed E-state index contributed by atoms with van der Waals surface area (Å²) in [4.78, 5) is 36.6. The Hall–Kier alpha value is -2.16. The van der Waals surface area contributed by atoms with Crippen LogP contribution in [0.1, 0.15) is 26.7 Å². The van der Waals surface area contributed by atoms with Gasteiger partial charge in [-0.05, 0) is 58.0 Å². The van der Waals surface area contributed by atoms with Gasteiger partial charge >= 0.3 is 11.8 Å². The molecule has 2 heterocycles. The number of nitrogens with zero attached hydrogens (tertiary/aromatic N) is 4. The van der Waals surface area contributed by atoms with Crippen molar-refractivity contribution in [1.82, 2.24) is 15.1 Å². The molecule has 0 spiro atoms. The molecule has 0 radical (unpaired) electrons. The minimum Gasteiger partial charge on any atom is -0.324 e. The van der Waals surface area contributed by atoms with Gasteiger partial charge in [-0.1, -0.05) is 23.2 Å². The summed E-state index contributed by atoms with van der Waals surface area (Å²) in [7, 11) is 0. The second-order valence-corrected chi connectivity index (χ2v) is 7.98. The van der Waals surface area contributed by atoms with E-state index < -0.39 is 11.8 Å². The summed E-state index contributed by atoms with van der Waals surface area (Å²) < 4.78 is 0. The molecule has 2 aliphatic heterocycles. The quantitative estimate of drug-likeness (QED) is 0.419. The van der Waals surface area contributed by atoms with Gasteiger partial charge in [0.15, 0.2) is 0 Å². The largest absolute Gasteiger partial charge is 0.324 e. The van der Waals surface area contributed by atoms with Crippen LogP contribution in [0.25, 0.3) is 0 Å². The minimum atomic E-state index is -0.705. The average molecular weight is 439 g/mol. The van der Waals surface area contributed by atoms with Crippen LogP contribution >= 0.6 is 23.2 Å². The molecule has 0 saturated carbocycles. The fraction of sp³-hybridized carbons (Fsp3) is 0.474. The predicted octanol–water partition coefficient (Wildman–Crippen LogP) is 2.58. The fourth-order valence-electron chi connectivity index (χ4n) is 3.19. The van der Waals surface area contributed by atoms with Gasteiger partial charge in [0.05, 0.1) is 16.6 Å². The van der Waals surface area contributed by atoms with Gasteiger partial charge in [0.25, 0.3) is 0 Å². The summed E-state index contributed by atoms with van der Waals surface area (Å²) in [6, 6.07) is 4.86. The molecule has 2 N–H and O–H groups in total. The molecule has 1 aromatic rings. The number of aliphatic imine (C=N–C) groups is 2. The van der Waals surface area contributed by atoms with Gasteiger partial charge in [0.2, 0.25) is 11.9 Å². The van der Waals surface area contributed by atoms with E-state index in [-0.39, 0.29) is 18.0 Å². The van der Waals surface area contributed by atoms with Gasteiger partial charge < -0.3 is 10.2 Å². The lowest BCUT2D eigenvalue weighted by Gasteiger charge is -2.19. The number of anilines is 1. The Labute approximate surface area is 180 Å². The lowest BCUT2D eigenvalue weighted by atomic mass is 10.3. The number of hydrogen-bond donors (Lipinski definition) is 2. The summed E-state index contributed by atoms with van der Waals surface area (Å²) in [6.45, 7) is 7.12. The van der Waals surface area contributed by atoms with Gasteiger partial charge in [-0.25, -0.2) is 4.99 Å². The van der Waals surface area contributed by atoms with Crippen LogP contribution in [0.3, 0.4) is 0 Å². The Morgan fingerprint density at radius 1 is 1.21 bits per heavy atom. The molecule has 0 aliphatic carbocycles. The van der Waals surface area contributed by atoms with Gasteiger partial charge in [0.1, 0.15) is 0 Å². The van der Waals surface area contributed by atoms with Crippen LogP contribution < -0.4 is 10.6 Å². The number of guanidine groups is 2. The van der Waals surface area contributed by atoms with Crippen molar-refractivity contribution in [3.63, 3.8) is 0 Å². The standard InChI is InChI=1S/C19H24Cl2N6O2/c1-12(2)27-17(29)16(28)24-19(27)25-18(22-7-10-26-8-3-4-9-26)23-13-5-6-14(20)15(21)11-13/h5-6,11-12H,3-4,7-10H2,1-2H3,(H2,22,23,24,25,28). The maximum Gasteiger partial charge on any atom is 0.319 e. The van der Waals surface area contributed by atoms with E-state index in [1.807, 2.05) is 13.8 Å². The third kappa shape index (κ3) is 5.46. The molecule has 8 nitrogen and oxygen atoms in total. The lowest BCUT2D eigenvalue weighted by Crippen LogP contribution is -2.39.